The van der Waals surface area contributed by atoms with Crippen LogP contribution in [0.25, 0.3) is 17.4 Å². The Hall–Kier alpha value is -3.42. The third-order valence-corrected chi connectivity index (χ3v) is 5.24. The van der Waals surface area contributed by atoms with Crippen LogP contribution in [0, 0.1) is 0 Å². The fourth-order valence-electron chi connectivity index (χ4n) is 3.68. The van der Waals surface area contributed by atoms with Crippen LogP contribution >= 0.6 is 0 Å². The van der Waals surface area contributed by atoms with Gasteiger partial charge in [-0.05, 0) is 18.6 Å². The number of nitrogens with one attached hydrogen (secondary N) is 1. The second kappa shape index (κ2) is 9.21. The molecule has 0 saturated carbocycles. The molecule has 1 atom stereocenters. The fourth-order valence-corrected chi connectivity index (χ4v) is 3.68. The molecular formula is C19H24F3N9O2. The molecule has 33 heavy (non-hydrogen) atoms. The highest BCUT2D eigenvalue weighted by Gasteiger charge is 2.34. The van der Waals surface area contributed by atoms with Crippen LogP contribution < -0.4 is 11.1 Å². The van der Waals surface area contributed by atoms with Crippen molar-refractivity contribution in [2.75, 3.05) is 43.8 Å². The summed E-state index contributed by atoms with van der Waals surface area (Å²) in [4.78, 5) is 28.7. The smallest absolute Gasteiger partial charge is 0.401 e. The van der Waals surface area contributed by atoms with E-state index < -0.39 is 18.8 Å². The van der Waals surface area contributed by atoms with Gasteiger partial charge in [-0.3, -0.25) is 9.69 Å². The van der Waals surface area contributed by atoms with Gasteiger partial charge in [0, 0.05) is 26.2 Å². The zero-order chi connectivity index (χ0) is 23.6. The quantitative estimate of drug-likeness (QED) is 0.532. The predicted molar refractivity (Wildman–Crippen MR) is 112 cm³/mol. The minimum Gasteiger partial charge on any atom is -0.461 e. The van der Waals surface area contributed by atoms with Gasteiger partial charge >= 0.3 is 6.18 Å². The van der Waals surface area contributed by atoms with Gasteiger partial charge in [0.1, 0.15) is 6.04 Å². The van der Waals surface area contributed by atoms with Crippen LogP contribution in [0.1, 0.15) is 19.8 Å². The molecule has 1 fully saturated rings. The minimum absolute atomic E-state index is 0.0243. The summed E-state index contributed by atoms with van der Waals surface area (Å²) >= 11 is 0. The van der Waals surface area contributed by atoms with Crippen LogP contribution in [-0.2, 0) is 4.79 Å². The second-order valence-corrected chi connectivity index (χ2v) is 7.73. The van der Waals surface area contributed by atoms with E-state index in [2.05, 4.69) is 25.4 Å². The van der Waals surface area contributed by atoms with Gasteiger partial charge in [-0.1, -0.05) is 13.3 Å². The number of amides is 1. The summed E-state index contributed by atoms with van der Waals surface area (Å²) in [5.74, 6) is 0.828. The number of alkyl halides is 3. The molecule has 178 valence electrons. The van der Waals surface area contributed by atoms with Crippen molar-refractivity contribution in [2.24, 2.45) is 0 Å². The first kappa shape index (κ1) is 22.8. The van der Waals surface area contributed by atoms with Crippen LogP contribution in [0.5, 0.6) is 0 Å². The number of aromatic nitrogens is 5. The summed E-state index contributed by atoms with van der Waals surface area (Å²) in [6.45, 7) is 1.71. The normalized spacial score (nSPS) is 16.3. The highest BCUT2D eigenvalue weighted by atomic mass is 19.4. The van der Waals surface area contributed by atoms with E-state index in [4.69, 9.17) is 10.2 Å². The maximum atomic E-state index is 13.1. The Morgan fingerprint density at radius 2 is 2.00 bits per heavy atom. The van der Waals surface area contributed by atoms with Gasteiger partial charge in [0.2, 0.25) is 23.6 Å². The molecule has 4 heterocycles. The van der Waals surface area contributed by atoms with E-state index in [9.17, 15) is 18.0 Å². The van der Waals surface area contributed by atoms with Crippen molar-refractivity contribution in [1.29, 1.82) is 0 Å². The lowest BCUT2D eigenvalue weighted by molar-refractivity contribution is -0.152. The first-order chi connectivity index (χ1) is 15.7. The lowest BCUT2D eigenvalue weighted by Crippen LogP contribution is -2.54. The number of nitrogens with two attached hydrogens (primary N) is 1. The number of hydrogen-bond donors (Lipinski definition) is 2. The number of nitrogens with zero attached hydrogens (tertiary/aromatic N) is 7. The SMILES string of the molecule is CCC[C@H](Nc1nc(N)n2nc(-c3ccco3)nc2n1)C(=O)N1CCN(CC(F)(F)F)CC1. The summed E-state index contributed by atoms with van der Waals surface area (Å²) in [6.07, 6.45) is -1.58. The molecule has 0 aliphatic carbocycles. The zero-order valence-electron chi connectivity index (χ0n) is 17.9. The van der Waals surface area contributed by atoms with Crippen LogP contribution in [0.4, 0.5) is 25.1 Å². The zero-order valence-corrected chi connectivity index (χ0v) is 17.9. The second-order valence-electron chi connectivity index (χ2n) is 7.73. The maximum absolute atomic E-state index is 13.1. The number of nitrogen functional groups attached to an aromatic ring is 1. The third-order valence-electron chi connectivity index (χ3n) is 5.24. The average molecular weight is 467 g/mol. The van der Waals surface area contributed by atoms with E-state index in [1.807, 2.05) is 6.92 Å². The summed E-state index contributed by atoms with van der Waals surface area (Å²) in [6, 6.07) is 2.74. The topological polar surface area (TPSA) is 131 Å². The van der Waals surface area contributed by atoms with Gasteiger partial charge in [0.25, 0.3) is 5.78 Å². The first-order valence-corrected chi connectivity index (χ1v) is 10.5. The maximum Gasteiger partial charge on any atom is 0.401 e. The molecular weight excluding hydrogens is 443 g/mol. The molecule has 11 nitrogen and oxygen atoms in total. The standard InChI is InChI=1S/C19H24F3N9O2/c1-2-4-12(15(32)30-8-6-29(7-9-30)11-19(20,21)22)24-17-26-16(23)31-18(27-17)25-14(28-31)13-5-3-10-33-13/h3,5,10,12H,2,4,6-9,11H2,1H3,(H3,23,24,25,26,27,28)/t12-/m0/s1. The Bertz CT molecular complexity index is 1090. The van der Waals surface area contributed by atoms with Gasteiger partial charge in [-0.25, -0.2) is 0 Å². The molecule has 4 rings (SSSR count). The Labute approximate surface area is 186 Å². The van der Waals surface area contributed by atoms with E-state index in [1.54, 1.807) is 17.0 Å². The number of carbonyl (C=O) groups excluding carboxylic acids is 1. The molecule has 0 radical (unpaired) electrons. The van der Waals surface area contributed by atoms with Crippen molar-refractivity contribution in [3.05, 3.63) is 18.4 Å². The van der Waals surface area contributed by atoms with E-state index >= 15 is 0 Å². The first-order valence-electron chi connectivity index (χ1n) is 10.5. The molecule has 3 N–H and O–H groups in total. The van der Waals surface area contributed by atoms with Crippen molar-refractivity contribution >= 4 is 23.6 Å². The van der Waals surface area contributed by atoms with Gasteiger partial charge in [-0.2, -0.15) is 32.6 Å². The Balaban J connectivity index is 1.47. The lowest BCUT2D eigenvalue weighted by atomic mass is 10.1. The van der Waals surface area contributed by atoms with Crippen LogP contribution in [0.2, 0.25) is 0 Å². The molecule has 1 aliphatic heterocycles. The van der Waals surface area contributed by atoms with Gasteiger partial charge in [-0.15, -0.1) is 5.10 Å². The lowest BCUT2D eigenvalue weighted by Gasteiger charge is -2.36. The Morgan fingerprint density at radius 1 is 1.24 bits per heavy atom. The van der Waals surface area contributed by atoms with E-state index in [0.29, 0.717) is 18.6 Å². The predicted octanol–water partition coefficient (Wildman–Crippen LogP) is 1.65. The van der Waals surface area contributed by atoms with Crippen molar-refractivity contribution in [3.63, 3.8) is 0 Å². The molecule has 0 bridgehead atoms. The molecule has 1 saturated heterocycles. The molecule has 0 unspecified atom stereocenters. The van der Waals surface area contributed by atoms with Gasteiger partial charge < -0.3 is 20.4 Å². The van der Waals surface area contributed by atoms with E-state index in [1.165, 1.54) is 15.7 Å². The summed E-state index contributed by atoms with van der Waals surface area (Å²) in [5, 5.41) is 7.24. The summed E-state index contributed by atoms with van der Waals surface area (Å²) in [5.41, 5.74) is 6.00. The number of anilines is 2. The molecule has 14 heteroatoms. The fraction of sp³-hybridized carbons (Fsp3) is 0.526. The van der Waals surface area contributed by atoms with E-state index in [-0.39, 0.29) is 55.6 Å². The molecule has 1 amide bonds. The number of fused-ring (bicyclic) bond motifs is 1. The monoisotopic (exact) mass is 467 g/mol. The third kappa shape index (κ3) is 5.32. The Morgan fingerprint density at radius 3 is 2.64 bits per heavy atom. The minimum atomic E-state index is -4.26. The summed E-state index contributed by atoms with van der Waals surface area (Å²) in [7, 11) is 0. The van der Waals surface area contributed by atoms with E-state index in [0.717, 1.165) is 0 Å². The van der Waals surface area contributed by atoms with Crippen LogP contribution in [0.15, 0.2) is 22.8 Å². The number of carbonyl (C=O) groups is 1. The van der Waals surface area contributed by atoms with Crippen molar-refractivity contribution in [3.8, 4) is 11.6 Å². The molecule has 1 aliphatic rings. The highest BCUT2D eigenvalue weighted by Crippen LogP contribution is 2.20. The molecule has 0 aromatic carbocycles. The molecule has 3 aromatic heterocycles. The number of halogens is 3. The van der Waals surface area contributed by atoms with Gasteiger partial charge in [0.05, 0.1) is 12.8 Å². The largest absolute Gasteiger partial charge is 0.461 e. The number of furan rings is 1. The summed E-state index contributed by atoms with van der Waals surface area (Å²) < 4.78 is 44.4. The highest BCUT2D eigenvalue weighted by molar-refractivity contribution is 5.84. The number of rotatable bonds is 7. The van der Waals surface area contributed by atoms with Crippen LogP contribution in [0.3, 0.4) is 0 Å². The van der Waals surface area contributed by atoms with Crippen molar-refractivity contribution < 1.29 is 22.4 Å². The number of piperazine rings is 1. The number of hydrogen-bond acceptors (Lipinski definition) is 9. The van der Waals surface area contributed by atoms with Gasteiger partial charge in [0.15, 0.2) is 5.76 Å². The van der Waals surface area contributed by atoms with Crippen LogP contribution in [-0.4, -0.2) is 85.2 Å². The van der Waals surface area contributed by atoms with Crippen molar-refractivity contribution in [1.82, 2.24) is 34.4 Å². The Kier molecular flexibility index (Phi) is 6.35. The molecule has 3 aromatic rings. The van der Waals surface area contributed by atoms with Crippen molar-refractivity contribution in [2.45, 2.75) is 32.0 Å². The average Bonchev–Trinajstić information content (AvgIpc) is 3.42. The molecule has 0 spiro atoms.